The van der Waals surface area contributed by atoms with Crippen LogP contribution in [-0.2, 0) is 0 Å². The summed E-state index contributed by atoms with van der Waals surface area (Å²) >= 11 is 6.00. The molecule has 17 heavy (non-hydrogen) atoms. The first-order valence-electron chi connectivity index (χ1n) is 5.30. The molecule has 2 nitrogen and oxygen atoms in total. The average molecular weight is 246 g/mol. The summed E-state index contributed by atoms with van der Waals surface area (Å²) in [5.74, 6) is 0. The van der Waals surface area contributed by atoms with Gasteiger partial charge < -0.3 is 5.21 Å². The van der Waals surface area contributed by atoms with Gasteiger partial charge in [0.2, 0.25) is 5.69 Å². The number of benzene rings is 2. The summed E-state index contributed by atoms with van der Waals surface area (Å²) in [4.78, 5) is 0. The van der Waals surface area contributed by atoms with E-state index in [0.717, 1.165) is 10.3 Å². The van der Waals surface area contributed by atoms with Crippen LogP contribution in [0.5, 0.6) is 0 Å². The van der Waals surface area contributed by atoms with Crippen LogP contribution >= 0.6 is 11.6 Å². The number of rotatable bonds is 2. The first-order valence-corrected chi connectivity index (χ1v) is 5.67. The third-order valence-corrected chi connectivity index (χ3v) is 2.86. The van der Waals surface area contributed by atoms with E-state index in [-0.39, 0.29) is 0 Å². The Balaban J connectivity index is 2.42. The van der Waals surface area contributed by atoms with Crippen molar-refractivity contribution in [3.8, 4) is 0 Å². The maximum absolute atomic E-state index is 12.0. The molecule has 0 aromatic heterocycles. The summed E-state index contributed by atoms with van der Waals surface area (Å²) in [5.41, 5.74) is 2.28. The van der Waals surface area contributed by atoms with Crippen LogP contribution in [0.15, 0.2) is 48.5 Å². The molecule has 0 amide bonds. The van der Waals surface area contributed by atoms with E-state index in [1.807, 2.05) is 43.3 Å². The molecule has 0 aliphatic rings. The fourth-order valence-electron chi connectivity index (χ4n) is 1.59. The van der Waals surface area contributed by atoms with Gasteiger partial charge in [-0.3, -0.25) is 0 Å². The van der Waals surface area contributed by atoms with Gasteiger partial charge in [-0.05, 0) is 19.1 Å². The van der Waals surface area contributed by atoms with Crippen LogP contribution in [0.3, 0.4) is 0 Å². The summed E-state index contributed by atoms with van der Waals surface area (Å²) < 4.78 is 0.844. The molecule has 0 N–H and O–H groups in total. The average Bonchev–Trinajstić information content (AvgIpc) is 2.32. The third kappa shape index (κ3) is 2.66. The molecule has 2 rings (SSSR count). The Morgan fingerprint density at radius 1 is 1.06 bits per heavy atom. The first-order chi connectivity index (χ1) is 8.18. The summed E-state index contributed by atoms with van der Waals surface area (Å²) in [7, 11) is 0. The van der Waals surface area contributed by atoms with Crippen molar-refractivity contribution in [1.29, 1.82) is 0 Å². The molecule has 86 valence electrons. The Morgan fingerprint density at radius 2 is 1.71 bits per heavy atom. The Labute approximate surface area is 105 Å². The lowest BCUT2D eigenvalue weighted by molar-refractivity contribution is -0.355. The molecule has 0 spiro atoms. The van der Waals surface area contributed by atoms with Crippen molar-refractivity contribution >= 4 is 23.5 Å². The maximum atomic E-state index is 12.0. The molecule has 0 saturated carbocycles. The lowest BCUT2D eigenvalue weighted by Crippen LogP contribution is -2.00. The number of halogens is 1. The topological polar surface area (TPSA) is 26.1 Å². The van der Waals surface area contributed by atoms with Gasteiger partial charge in [0, 0.05) is 11.6 Å². The third-order valence-electron chi connectivity index (χ3n) is 2.51. The molecular weight excluding hydrogens is 234 g/mol. The zero-order valence-corrected chi connectivity index (χ0v) is 10.2. The minimum Gasteiger partial charge on any atom is -0.618 e. The maximum Gasteiger partial charge on any atom is 0.219 e. The molecule has 0 aliphatic heterocycles. The molecule has 0 atom stereocenters. The van der Waals surface area contributed by atoms with Crippen molar-refractivity contribution < 1.29 is 4.74 Å². The van der Waals surface area contributed by atoms with Crippen molar-refractivity contribution in [1.82, 2.24) is 0 Å². The quantitative estimate of drug-likeness (QED) is 0.341. The first kappa shape index (κ1) is 11.7. The monoisotopic (exact) mass is 245 g/mol. The van der Waals surface area contributed by atoms with E-state index in [9.17, 15) is 5.21 Å². The number of para-hydroxylation sites is 1. The van der Waals surface area contributed by atoms with Crippen LogP contribution in [0, 0.1) is 12.1 Å². The van der Waals surface area contributed by atoms with Crippen LogP contribution in [0.4, 0.5) is 5.69 Å². The van der Waals surface area contributed by atoms with Crippen molar-refractivity contribution in [3.05, 3.63) is 69.9 Å². The van der Waals surface area contributed by atoms with Gasteiger partial charge in [-0.1, -0.05) is 41.9 Å². The highest BCUT2D eigenvalue weighted by Gasteiger charge is 2.06. The van der Waals surface area contributed by atoms with Gasteiger partial charge in [0.15, 0.2) is 6.21 Å². The van der Waals surface area contributed by atoms with Crippen molar-refractivity contribution in [3.63, 3.8) is 0 Å². The van der Waals surface area contributed by atoms with Crippen LogP contribution in [0.25, 0.3) is 0 Å². The van der Waals surface area contributed by atoms with Gasteiger partial charge in [-0.2, -0.15) is 4.74 Å². The SMILES string of the molecule is Cc1ccccc1[N+]([O-])=Cc1ccccc1Cl. The second-order valence-electron chi connectivity index (χ2n) is 3.76. The zero-order chi connectivity index (χ0) is 12.3. The van der Waals surface area contributed by atoms with Crippen molar-refractivity contribution in [2.24, 2.45) is 0 Å². The number of aryl methyl sites for hydroxylation is 1. The highest BCUT2D eigenvalue weighted by molar-refractivity contribution is 6.32. The molecule has 0 fully saturated rings. The minimum atomic E-state index is 0.571. The summed E-state index contributed by atoms with van der Waals surface area (Å²) in [6.07, 6.45) is 1.49. The minimum absolute atomic E-state index is 0.571. The fraction of sp³-hybridized carbons (Fsp3) is 0.0714. The second-order valence-corrected chi connectivity index (χ2v) is 4.17. The molecule has 3 heteroatoms. The summed E-state index contributed by atoms with van der Waals surface area (Å²) in [5, 5.41) is 12.6. The Morgan fingerprint density at radius 3 is 2.41 bits per heavy atom. The normalized spacial score (nSPS) is 11.5. The van der Waals surface area contributed by atoms with Crippen LogP contribution < -0.4 is 0 Å². The lowest BCUT2D eigenvalue weighted by Gasteiger charge is -2.05. The lowest BCUT2D eigenvalue weighted by atomic mass is 10.2. The van der Waals surface area contributed by atoms with E-state index in [4.69, 9.17) is 11.6 Å². The van der Waals surface area contributed by atoms with E-state index in [1.165, 1.54) is 6.21 Å². The van der Waals surface area contributed by atoms with Gasteiger partial charge >= 0.3 is 0 Å². The second kappa shape index (κ2) is 5.02. The zero-order valence-electron chi connectivity index (χ0n) is 9.43. The van der Waals surface area contributed by atoms with Gasteiger partial charge in [-0.15, -0.1) is 0 Å². The van der Waals surface area contributed by atoms with Gasteiger partial charge in [-0.25, -0.2) is 0 Å². The summed E-state index contributed by atoms with van der Waals surface area (Å²) in [6, 6.07) is 14.7. The molecule has 0 aliphatic carbocycles. The van der Waals surface area contributed by atoms with Crippen molar-refractivity contribution in [2.45, 2.75) is 6.92 Å². The largest absolute Gasteiger partial charge is 0.618 e. The Bertz CT molecular complexity index is 564. The number of hydrogen-bond acceptors (Lipinski definition) is 1. The van der Waals surface area contributed by atoms with Gasteiger partial charge in [0.05, 0.1) is 10.6 Å². The van der Waals surface area contributed by atoms with Gasteiger partial charge in [0.1, 0.15) is 0 Å². The van der Waals surface area contributed by atoms with E-state index in [2.05, 4.69) is 0 Å². The molecule has 0 unspecified atom stereocenters. The predicted molar refractivity (Wildman–Crippen MR) is 71.1 cm³/mol. The predicted octanol–water partition coefficient (Wildman–Crippen LogP) is 3.91. The van der Waals surface area contributed by atoms with E-state index in [1.54, 1.807) is 12.1 Å². The molecule has 2 aromatic rings. The smallest absolute Gasteiger partial charge is 0.219 e. The van der Waals surface area contributed by atoms with Crippen LogP contribution in [-0.4, -0.2) is 11.0 Å². The molecule has 0 radical (unpaired) electrons. The van der Waals surface area contributed by atoms with Crippen LogP contribution in [0.1, 0.15) is 11.1 Å². The Hall–Kier alpha value is -1.80. The standard InChI is InChI=1S/C14H12ClNO/c1-11-6-2-5-9-14(11)16(17)10-12-7-3-4-8-13(12)15/h2-10H,1H3. The summed E-state index contributed by atoms with van der Waals surface area (Å²) in [6.45, 7) is 1.90. The Kier molecular flexibility index (Phi) is 3.45. The molecule has 0 heterocycles. The van der Waals surface area contributed by atoms with E-state index >= 15 is 0 Å². The number of hydrogen-bond donors (Lipinski definition) is 0. The molecule has 2 aromatic carbocycles. The van der Waals surface area contributed by atoms with E-state index < -0.39 is 0 Å². The molecular formula is C14H12ClNO. The fourth-order valence-corrected chi connectivity index (χ4v) is 1.77. The van der Waals surface area contributed by atoms with Gasteiger partial charge in [0.25, 0.3) is 0 Å². The molecule has 0 bridgehead atoms. The highest BCUT2D eigenvalue weighted by atomic mass is 35.5. The van der Waals surface area contributed by atoms with Crippen LogP contribution in [0.2, 0.25) is 5.02 Å². The number of nitrogens with zero attached hydrogens (tertiary/aromatic N) is 1. The molecule has 0 saturated heterocycles. The van der Waals surface area contributed by atoms with E-state index in [0.29, 0.717) is 16.3 Å². The van der Waals surface area contributed by atoms with Crippen molar-refractivity contribution in [2.75, 3.05) is 0 Å². The highest BCUT2D eigenvalue weighted by Crippen LogP contribution is 2.18.